The number of ether oxygens (including phenoxy) is 2. The van der Waals surface area contributed by atoms with Crippen LogP contribution in [-0.4, -0.2) is 5.84 Å². The van der Waals surface area contributed by atoms with Crippen molar-refractivity contribution in [1.82, 2.24) is 0 Å². The monoisotopic (exact) mass is 374 g/mol. The third kappa shape index (κ3) is 4.10. The number of hydrogen-bond acceptors (Lipinski definition) is 4. The Labute approximate surface area is 161 Å². The molecule has 0 aliphatic carbocycles. The van der Waals surface area contributed by atoms with E-state index in [1.165, 1.54) is 11.3 Å². The molecule has 27 heavy (non-hydrogen) atoms. The second kappa shape index (κ2) is 7.51. The van der Waals surface area contributed by atoms with Crippen LogP contribution in [-0.2, 0) is 6.61 Å². The molecule has 0 saturated heterocycles. The van der Waals surface area contributed by atoms with Crippen LogP contribution in [0.1, 0.15) is 10.4 Å². The van der Waals surface area contributed by atoms with Crippen LogP contribution in [0.4, 0.5) is 0 Å². The molecule has 0 atom stereocenters. The number of nitrogens with two attached hydrogens (primary N) is 1. The van der Waals surface area contributed by atoms with Crippen LogP contribution < -0.4 is 15.2 Å². The van der Waals surface area contributed by atoms with Gasteiger partial charge in [-0.15, -0.1) is 11.3 Å². The Hall–Kier alpha value is -3.31. The van der Waals surface area contributed by atoms with Gasteiger partial charge in [-0.25, -0.2) is 0 Å². The number of hydrogen-bond donors (Lipinski definition) is 2. The van der Waals surface area contributed by atoms with E-state index in [9.17, 15) is 0 Å². The third-order valence-corrected chi connectivity index (χ3v) is 5.17. The van der Waals surface area contributed by atoms with Gasteiger partial charge < -0.3 is 15.2 Å². The molecule has 0 spiro atoms. The number of rotatable bonds is 6. The minimum Gasteiger partial charge on any atom is -0.489 e. The van der Waals surface area contributed by atoms with E-state index in [4.69, 9.17) is 20.6 Å². The van der Waals surface area contributed by atoms with Crippen LogP contribution in [0.3, 0.4) is 0 Å². The average molecular weight is 374 g/mol. The molecular weight excluding hydrogens is 356 g/mol. The quantitative estimate of drug-likeness (QED) is 0.343. The maximum Gasteiger partial charge on any atom is 0.133 e. The number of thiophene rings is 1. The van der Waals surface area contributed by atoms with E-state index in [-0.39, 0.29) is 5.84 Å². The Bertz CT molecular complexity index is 1090. The lowest BCUT2D eigenvalue weighted by Crippen LogP contribution is -2.08. The molecule has 0 amide bonds. The minimum absolute atomic E-state index is 0.0916. The van der Waals surface area contributed by atoms with Crippen LogP contribution in [0.2, 0.25) is 0 Å². The van der Waals surface area contributed by atoms with Crippen molar-refractivity contribution < 1.29 is 9.47 Å². The van der Waals surface area contributed by atoms with Gasteiger partial charge >= 0.3 is 0 Å². The van der Waals surface area contributed by atoms with Gasteiger partial charge in [-0.3, -0.25) is 5.41 Å². The van der Waals surface area contributed by atoms with Crippen molar-refractivity contribution in [2.45, 2.75) is 6.61 Å². The summed E-state index contributed by atoms with van der Waals surface area (Å²) in [7, 11) is 0. The lowest BCUT2D eigenvalue weighted by atomic mass is 10.2. The fourth-order valence-electron chi connectivity index (χ4n) is 2.72. The smallest absolute Gasteiger partial charge is 0.133 e. The zero-order chi connectivity index (χ0) is 18.6. The lowest BCUT2D eigenvalue weighted by Gasteiger charge is -2.09. The molecule has 4 nitrogen and oxygen atoms in total. The Morgan fingerprint density at radius 2 is 1.67 bits per heavy atom. The van der Waals surface area contributed by atoms with Crippen molar-refractivity contribution in [3.63, 3.8) is 0 Å². The van der Waals surface area contributed by atoms with E-state index in [2.05, 4.69) is 0 Å². The van der Waals surface area contributed by atoms with Gasteiger partial charge in [0.15, 0.2) is 0 Å². The average Bonchev–Trinajstić information content (AvgIpc) is 3.11. The highest BCUT2D eigenvalue weighted by Gasteiger charge is 2.06. The first-order valence-electron chi connectivity index (χ1n) is 8.50. The number of benzene rings is 3. The van der Waals surface area contributed by atoms with E-state index in [1.807, 2.05) is 78.9 Å². The first kappa shape index (κ1) is 17.1. The summed E-state index contributed by atoms with van der Waals surface area (Å²) in [6, 6.07) is 25.4. The van der Waals surface area contributed by atoms with Crippen LogP contribution in [0.25, 0.3) is 10.1 Å². The molecule has 0 unspecified atom stereocenters. The first-order valence-corrected chi connectivity index (χ1v) is 9.32. The van der Waals surface area contributed by atoms with Gasteiger partial charge in [0.05, 0.1) is 4.88 Å². The number of amidine groups is 1. The summed E-state index contributed by atoms with van der Waals surface area (Å²) in [5.41, 5.74) is 6.60. The van der Waals surface area contributed by atoms with Crippen LogP contribution in [0.5, 0.6) is 17.2 Å². The molecule has 4 rings (SSSR count). The predicted octanol–water partition coefficient (Wildman–Crippen LogP) is 5.56. The van der Waals surface area contributed by atoms with E-state index in [1.54, 1.807) is 0 Å². The number of para-hydroxylation sites is 1. The van der Waals surface area contributed by atoms with Crippen molar-refractivity contribution in [3.05, 3.63) is 89.3 Å². The Morgan fingerprint density at radius 1 is 0.852 bits per heavy atom. The van der Waals surface area contributed by atoms with Crippen LogP contribution in [0, 0.1) is 5.41 Å². The van der Waals surface area contributed by atoms with Gasteiger partial charge in [-0.05, 0) is 59.5 Å². The Kier molecular flexibility index (Phi) is 4.77. The molecule has 0 fully saturated rings. The molecule has 0 aliphatic rings. The fourth-order valence-corrected chi connectivity index (χ4v) is 3.68. The zero-order valence-electron chi connectivity index (χ0n) is 14.5. The third-order valence-electron chi connectivity index (χ3n) is 4.04. The summed E-state index contributed by atoms with van der Waals surface area (Å²) >= 11 is 1.50. The summed E-state index contributed by atoms with van der Waals surface area (Å²) in [4.78, 5) is 0.771. The van der Waals surface area contributed by atoms with Crippen molar-refractivity contribution in [2.75, 3.05) is 0 Å². The molecule has 4 aromatic rings. The van der Waals surface area contributed by atoms with E-state index < -0.39 is 0 Å². The number of nitrogen functional groups attached to an aromatic ring is 1. The topological polar surface area (TPSA) is 68.3 Å². The van der Waals surface area contributed by atoms with Crippen molar-refractivity contribution >= 4 is 27.3 Å². The van der Waals surface area contributed by atoms with E-state index >= 15 is 0 Å². The molecule has 134 valence electrons. The van der Waals surface area contributed by atoms with Crippen LogP contribution >= 0.6 is 11.3 Å². The molecule has 1 heterocycles. The first-order chi connectivity index (χ1) is 13.2. The standard InChI is InChI=1S/C22H18N2O2S/c23-22(24)21-12-16-9-10-18(13-20(16)27-21)25-14-15-5-4-8-19(11-15)26-17-6-2-1-3-7-17/h1-13H,14H2,(H3,23,24). The second-order valence-corrected chi connectivity index (χ2v) is 7.16. The van der Waals surface area contributed by atoms with Gasteiger partial charge in [0.2, 0.25) is 0 Å². The fraction of sp³-hybridized carbons (Fsp3) is 0.0455. The van der Waals surface area contributed by atoms with Gasteiger partial charge in [0.25, 0.3) is 0 Å². The normalized spacial score (nSPS) is 10.7. The highest BCUT2D eigenvalue weighted by Crippen LogP contribution is 2.29. The van der Waals surface area contributed by atoms with Gasteiger partial charge in [0, 0.05) is 4.70 Å². The second-order valence-electron chi connectivity index (χ2n) is 6.08. The largest absolute Gasteiger partial charge is 0.489 e. The lowest BCUT2D eigenvalue weighted by molar-refractivity contribution is 0.306. The molecule has 0 aliphatic heterocycles. The van der Waals surface area contributed by atoms with E-state index in [0.29, 0.717) is 6.61 Å². The summed E-state index contributed by atoms with van der Waals surface area (Å²) in [6.45, 7) is 0.447. The highest BCUT2D eigenvalue weighted by molar-refractivity contribution is 7.20. The number of fused-ring (bicyclic) bond motifs is 1. The highest BCUT2D eigenvalue weighted by atomic mass is 32.1. The predicted molar refractivity (Wildman–Crippen MR) is 110 cm³/mol. The molecule has 5 heteroatoms. The SMILES string of the molecule is N=C(N)c1cc2ccc(OCc3cccc(Oc4ccccc4)c3)cc2s1. The maximum atomic E-state index is 7.56. The van der Waals surface area contributed by atoms with Crippen LogP contribution in [0.15, 0.2) is 78.9 Å². The van der Waals surface area contributed by atoms with Crippen molar-refractivity contribution in [1.29, 1.82) is 5.41 Å². The zero-order valence-corrected chi connectivity index (χ0v) is 15.3. The molecule has 0 saturated carbocycles. The molecule has 0 bridgehead atoms. The van der Waals surface area contributed by atoms with Gasteiger partial charge in [-0.1, -0.05) is 30.3 Å². The molecule has 3 aromatic carbocycles. The van der Waals surface area contributed by atoms with Gasteiger partial charge in [-0.2, -0.15) is 0 Å². The molecule has 3 N–H and O–H groups in total. The number of nitrogens with one attached hydrogen (secondary N) is 1. The van der Waals surface area contributed by atoms with Crippen molar-refractivity contribution in [2.24, 2.45) is 5.73 Å². The van der Waals surface area contributed by atoms with Gasteiger partial charge in [0.1, 0.15) is 29.7 Å². The summed E-state index contributed by atoms with van der Waals surface area (Å²) < 4.78 is 12.9. The molecular formula is C22H18N2O2S. The van der Waals surface area contributed by atoms with Crippen molar-refractivity contribution in [3.8, 4) is 17.2 Å². The maximum absolute atomic E-state index is 7.56. The molecule has 0 radical (unpaired) electrons. The summed E-state index contributed by atoms with van der Waals surface area (Å²) in [5, 5.41) is 8.63. The molecule has 1 aromatic heterocycles. The Morgan fingerprint density at radius 3 is 2.48 bits per heavy atom. The van der Waals surface area contributed by atoms with E-state index in [0.717, 1.165) is 37.8 Å². The minimum atomic E-state index is 0.0916. The Balaban J connectivity index is 1.46. The summed E-state index contributed by atoms with van der Waals surface area (Å²) in [6.07, 6.45) is 0. The summed E-state index contributed by atoms with van der Waals surface area (Å²) in [5.74, 6) is 2.46.